The fourth-order valence-electron chi connectivity index (χ4n) is 2.30. The van der Waals surface area contributed by atoms with Crippen LogP contribution in [0.3, 0.4) is 0 Å². The van der Waals surface area contributed by atoms with Gasteiger partial charge in [-0.1, -0.05) is 90.4 Å². The molecule has 1 atom stereocenters. The van der Waals surface area contributed by atoms with Crippen LogP contribution in [0.4, 0.5) is 5.69 Å². The number of rotatable bonds is 0. The second-order valence-corrected chi connectivity index (χ2v) is 8.09. The first-order chi connectivity index (χ1) is 10.6. The molecule has 1 aromatic rings. The van der Waals surface area contributed by atoms with E-state index in [0.717, 1.165) is 15.1 Å². The van der Waals surface area contributed by atoms with E-state index in [-0.39, 0.29) is 51.9 Å². The van der Waals surface area contributed by atoms with Gasteiger partial charge in [-0.3, -0.25) is 6.08 Å². The Hall–Kier alpha value is 0.0112. The molecule has 1 aromatic carbocycles. The van der Waals surface area contributed by atoms with Gasteiger partial charge in [-0.05, 0) is 5.41 Å². The summed E-state index contributed by atoms with van der Waals surface area (Å²) in [6.45, 7) is 19.4. The van der Waals surface area contributed by atoms with Crippen molar-refractivity contribution in [2.45, 2.75) is 67.0 Å². The van der Waals surface area contributed by atoms with Gasteiger partial charge in [0, 0.05) is 9.52 Å². The molecule has 1 aliphatic rings. The van der Waals surface area contributed by atoms with Gasteiger partial charge in [0.2, 0.25) is 0 Å². The van der Waals surface area contributed by atoms with Crippen molar-refractivity contribution in [2.24, 2.45) is 5.92 Å². The van der Waals surface area contributed by atoms with Crippen molar-refractivity contribution < 1.29 is 46.5 Å². The maximum Gasteiger partial charge on any atom is 4.00 e. The Morgan fingerprint density at radius 2 is 1.42 bits per heavy atom. The van der Waals surface area contributed by atoms with Crippen LogP contribution in [0.25, 0.3) is 5.73 Å². The second kappa shape index (κ2) is 16.0. The number of hydrogen-bond donors (Lipinski definition) is 0. The molecule has 0 fully saturated rings. The normalized spacial score (nSPS) is 15.0. The topological polar surface area (TPSA) is 23.8 Å². The monoisotopic (exact) mass is 445 g/mol. The summed E-state index contributed by atoms with van der Waals surface area (Å²) in [7, 11) is 1.08. The zero-order valence-electron chi connectivity index (χ0n) is 17.6. The zero-order chi connectivity index (χ0) is 18.2. The van der Waals surface area contributed by atoms with Gasteiger partial charge in [-0.25, -0.2) is 5.57 Å². The average Bonchev–Trinajstić information content (AvgIpc) is 2.66. The Balaban J connectivity index is -0.000000148. The standard InChI is InChI=1S/C10H14N.C9H13.C2H6Si.2ClH.Ti/c1-10(2,3)8-6-4-5-7-9(8)11;1-6-5-7(2)9(4)8(6)3;1-3-2;;;/h4-7,11H,1-3H3;6H,1-4H3;1-2H3;2*1H;/q2*-1;;;;+4/p-2. The molecule has 2 radical (unpaired) electrons. The predicted octanol–water partition coefficient (Wildman–Crippen LogP) is 1.18. The molecule has 144 valence electrons. The number of hydrogen-bond acceptors (Lipinski definition) is 0. The zero-order valence-corrected chi connectivity index (χ0v) is 21.7. The molecule has 0 amide bonds. The molecule has 2 rings (SSSR count). The summed E-state index contributed by atoms with van der Waals surface area (Å²) in [5.41, 5.74) is 13.7. The Morgan fingerprint density at radius 1 is 1.00 bits per heavy atom. The SMILES string of the molecule is CC(C)(C)c1ccccc1[NH-].CC1=[C-]C(C)C(C)=C1C.C[Si]C.[Cl-].[Cl-].[Ti+4]. The smallest absolute Gasteiger partial charge is 1.00 e. The van der Waals surface area contributed by atoms with Crippen molar-refractivity contribution in [2.75, 3.05) is 0 Å². The second-order valence-electron chi connectivity index (χ2n) is 7.09. The van der Waals surface area contributed by atoms with Gasteiger partial charge >= 0.3 is 21.7 Å². The Kier molecular flexibility index (Phi) is 20.7. The summed E-state index contributed by atoms with van der Waals surface area (Å²) in [6.07, 6.45) is 3.36. The van der Waals surface area contributed by atoms with Gasteiger partial charge in [0.05, 0.1) is 0 Å². The summed E-state index contributed by atoms with van der Waals surface area (Å²) in [6, 6.07) is 7.74. The summed E-state index contributed by atoms with van der Waals surface area (Å²) in [4.78, 5) is 0. The Bertz CT molecular complexity index is 563. The molecule has 5 heteroatoms. The van der Waals surface area contributed by atoms with Crippen molar-refractivity contribution in [1.82, 2.24) is 0 Å². The van der Waals surface area contributed by atoms with E-state index in [1.54, 1.807) is 0 Å². The molecular formula is C21H33Cl2NSiTi. The van der Waals surface area contributed by atoms with E-state index in [1.807, 2.05) is 24.3 Å². The number of benzene rings is 1. The third-order valence-corrected chi connectivity index (χ3v) is 3.97. The van der Waals surface area contributed by atoms with E-state index in [0.29, 0.717) is 11.6 Å². The minimum absolute atomic E-state index is 0. The molecule has 0 saturated carbocycles. The van der Waals surface area contributed by atoms with Crippen LogP contribution in [0, 0.1) is 12.0 Å². The van der Waals surface area contributed by atoms with E-state index < -0.39 is 0 Å². The molecule has 0 bridgehead atoms. The minimum atomic E-state index is 0. The van der Waals surface area contributed by atoms with Crippen LogP contribution in [0.1, 0.15) is 54.0 Å². The van der Waals surface area contributed by atoms with Gasteiger partial charge in [-0.15, -0.1) is 12.6 Å². The van der Waals surface area contributed by atoms with E-state index in [1.165, 1.54) is 16.7 Å². The summed E-state index contributed by atoms with van der Waals surface area (Å²) in [5.74, 6) is 0.560. The van der Waals surface area contributed by atoms with E-state index in [4.69, 9.17) is 5.73 Å². The molecule has 1 nitrogen and oxygen atoms in total. The largest absolute Gasteiger partial charge is 4.00 e. The number of halogens is 2. The first kappa shape index (κ1) is 33.6. The van der Waals surface area contributed by atoms with E-state index >= 15 is 0 Å². The van der Waals surface area contributed by atoms with Crippen LogP contribution in [-0.2, 0) is 27.1 Å². The molecule has 0 saturated heterocycles. The quantitative estimate of drug-likeness (QED) is 0.423. The maximum absolute atomic E-state index is 7.63. The maximum atomic E-state index is 7.63. The first-order valence-corrected chi connectivity index (χ1v) is 10.2. The molecule has 26 heavy (non-hydrogen) atoms. The van der Waals surface area contributed by atoms with Crippen LogP contribution >= 0.6 is 0 Å². The Morgan fingerprint density at radius 3 is 1.62 bits per heavy atom. The molecule has 0 heterocycles. The van der Waals surface area contributed by atoms with Crippen molar-refractivity contribution in [3.05, 3.63) is 58.4 Å². The van der Waals surface area contributed by atoms with Gasteiger partial charge in [0.15, 0.2) is 0 Å². The fourth-order valence-corrected chi connectivity index (χ4v) is 2.30. The average molecular weight is 446 g/mol. The van der Waals surface area contributed by atoms with Crippen molar-refractivity contribution in [3.63, 3.8) is 0 Å². The van der Waals surface area contributed by atoms with Gasteiger partial charge in [0.1, 0.15) is 0 Å². The predicted molar refractivity (Wildman–Crippen MR) is 107 cm³/mol. The minimum Gasteiger partial charge on any atom is -1.00 e. The summed E-state index contributed by atoms with van der Waals surface area (Å²) >= 11 is 0. The third-order valence-electron chi connectivity index (χ3n) is 3.97. The van der Waals surface area contributed by atoms with Crippen LogP contribution in [-0.4, -0.2) is 9.52 Å². The van der Waals surface area contributed by atoms with Crippen LogP contribution < -0.4 is 24.8 Å². The molecule has 1 unspecified atom stereocenters. The number of nitrogens with one attached hydrogen (secondary N) is 1. The summed E-state index contributed by atoms with van der Waals surface area (Å²) in [5, 5.41) is 0. The van der Waals surface area contributed by atoms with Gasteiger partial charge in [0.25, 0.3) is 0 Å². The molecule has 0 aliphatic heterocycles. The van der Waals surface area contributed by atoms with Crippen LogP contribution in [0.15, 0.2) is 41.0 Å². The van der Waals surface area contributed by atoms with Crippen molar-refractivity contribution >= 4 is 15.2 Å². The molecule has 0 spiro atoms. The van der Waals surface area contributed by atoms with Gasteiger partial charge < -0.3 is 30.5 Å². The third kappa shape index (κ3) is 11.7. The van der Waals surface area contributed by atoms with Crippen molar-refractivity contribution in [3.8, 4) is 0 Å². The van der Waals surface area contributed by atoms with E-state index in [9.17, 15) is 0 Å². The molecule has 1 aliphatic carbocycles. The first-order valence-electron chi connectivity index (χ1n) is 8.23. The van der Waals surface area contributed by atoms with Gasteiger partial charge in [-0.2, -0.15) is 11.1 Å². The fraction of sp³-hybridized carbons (Fsp3) is 0.524. The van der Waals surface area contributed by atoms with Crippen LogP contribution in [0.2, 0.25) is 13.1 Å². The molecule has 1 N–H and O–H groups in total. The van der Waals surface area contributed by atoms with E-state index in [2.05, 4.69) is 67.6 Å². The molecule has 0 aromatic heterocycles. The molecular weight excluding hydrogens is 413 g/mol. The number of allylic oxidation sites excluding steroid dienone is 4. The Labute approximate surface area is 192 Å². The summed E-state index contributed by atoms with van der Waals surface area (Å²) < 4.78 is 0. The van der Waals surface area contributed by atoms with Crippen molar-refractivity contribution in [1.29, 1.82) is 0 Å². The van der Waals surface area contributed by atoms with Crippen LogP contribution in [0.5, 0.6) is 0 Å².